The van der Waals surface area contributed by atoms with Crippen LogP contribution in [0.2, 0.25) is 0 Å². The van der Waals surface area contributed by atoms with E-state index < -0.39 is 19.4 Å². The second-order valence-corrected chi connectivity index (χ2v) is 6.57. The summed E-state index contributed by atoms with van der Waals surface area (Å²) < 4.78 is 48.4. The normalized spacial score (nSPS) is 10.8. The molecule has 0 bridgehead atoms. The number of halogens is 3. The molecule has 0 radical (unpaired) electrons. The minimum absolute atomic E-state index is 0.0136. The molecule has 0 aliphatic rings. The number of rotatable bonds is 8. The second kappa shape index (κ2) is 9.89. The number of hydrogen-bond donors (Lipinski definition) is 1. The van der Waals surface area contributed by atoms with Crippen LogP contribution in [0.1, 0.15) is 18.9 Å². The number of aryl methyl sites for hydroxylation is 1. The lowest BCUT2D eigenvalue weighted by atomic mass is 10.1. The number of aromatic nitrogens is 1. The highest BCUT2D eigenvalue weighted by Gasteiger charge is 2.19. The lowest BCUT2D eigenvalue weighted by Gasteiger charge is -2.12. The number of ether oxygens (including phenoxy) is 2. The first-order valence-corrected chi connectivity index (χ1v) is 9.59. The monoisotopic (exact) mass is 431 g/mol. The topological polar surface area (TPSA) is 76.3 Å². The maximum Gasteiger partial charge on any atom is 0.411 e. The minimum Gasteiger partial charge on any atom is -0.447 e. The third-order valence-corrected chi connectivity index (χ3v) is 4.54. The van der Waals surface area contributed by atoms with Gasteiger partial charge in [-0.1, -0.05) is 19.1 Å². The van der Waals surface area contributed by atoms with Crippen LogP contribution in [-0.2, 0) is 11.3 Å². The summed E-state index contributed by atoms with van der Waals surface area (Å²) in [6.45, 7) is -1.52. The van der Waals surface area contributed by atoms with Crippen molar-refractivity contribution in [2.45, 2.75) is 26.5 Å². The van der Waals surface area contributed by atoms with Crippen LogP contribution >= 0.6 is 0 Å². The maximum atomic E-state index is 12.6. The van der Waals surface area contributed by atoms with Crippen LogP contribution in [0.5, 0.6) is 5.75 Å². The number of fused-ring (bicyclic) bond motifs is 1. The smallest absolute Gasteiger partial charge is 0.411 e. The molecule has 31 heavy (non-hydrogen) atoms. The van der Waals surface area contributed by atoms with E-state index in [1.54, 1.807) is 30.3 Å². The third-order valence-electron chi connectivity index (χ3n) is 4.54. The van der Waals surface area contributed by atoms with E-state index in [2.05, 4.69) is 20.9 Å². The van der Waals surface area contributed by atoms with Crippen LogP contribution < -0.4 is 10.1 Å². The zero-order chi connectivity index (χ0) is 22.4. The summed E-state index contributed by atoms with van der Waals surface area (Å²) in [5.41, 5.74) is 2.82. The van der Waals surface area contributed by atoms with E-state index in [0.717, 1.165) is 6.42 Å². The summed E-state index contributed by atoms with van der Waals surface area (Å²) in [5.74, 6) is 0.0136. The molecule has 0 saturated heterocycles. The Kier molecular flexibility index (Phi) is 7.03. The summed E-state index contributed by atoms with van der Waals surface area (Å²) in [4.78, 5) is 11.6. The number of nitrogens with zero attached hydrogens (tertiary/aromatic N) is 2. The number of nitriles is 1. The number of anilines is 1. The molecule has 3 aromatic rings. The quantitative estimate of drug-likeness (QED) is 0.496. The summed E-state index contributed by atoms with van der Waals surface area (Å²) >= 11 is 0. The number of carbonyl (C=O) groups excluding carboxylic acids is 1. The minimum atomic E-state index is -2.95. The molecule has 0 atom stereocenters. The molecule has 0 spiro atoms. The van der Waals surface area contributed by atoms with E-state index >= 15 is 0 Å². The Balaban J connectivity index is 2.03. The van der Waals surface area contributed by atoms with E-state index in [1.807, 2.05) is 11.5 Å². The molecular weight excluding hydrogens is 411 g/mol. The number of alkyl halides is 3. The Labute approximate surface area is 176 Å². The predicted octanol–water partition coefficient (Wildman–Crippen LogP) is 5.71. The zero-order valence-electron chi connectivity index (χ0n) is 16.7. The van der Waals surface area contributed by atoms with Gasteiger partial charge in [0.25, 0.3) is 0 Å². The molecule has 0 aliphatic heterocycles. The van der Waals surface area contributed by atoms with Crippen molar-refractivity contribution >= 4 is 22.7 Å². The van der Waals surface area contributed by atoms with Crippen molar-refractivity contribution in [3.63, 3.8) is 0 Å². The van der Waals surface area contributed by atoms with Crippen molar-refractivity contribution in [1.82, 2.24) is 4.57 Å². The molecule has 162 valence electrons. The molecule has 3 rings (SSSR count). The maximum absolute atomic E-state index is 12.6. The fourth-order valence-electron chi connectivity index (χ4n) is 3.37. The van der Waals surface area contributed by atoms with Crippen LogP contribution in [0, 0.1) is 11.3 Å². The molecule has 6 nitrogen and oxygen atoms in total. The number of carbonyl (C=O) groups is 1. The first-order valence-electron chi connectivity index (χ1n) is 9.59. The Bertz CT molecular complexity index is 1110. The Morgan fingerprint density at radius 1 is 1.23 bits per heavy atom. The van der Waals surface area contributed by atoms with Crippen LogP contribution in [0.3, 0.4) is 0 Å². The molecule has 1 N–H and O–H groups in total. The molecule has 0 unspecified atom stereocenters. The van der Waals surface area contributed by atoms with Crippen LogP contribution in [0.25, 0.3) is 22.2 Å². The van der Waals surface area contributed by atoms with Crippen molar-refractivity contribution < 1.29 is 27.4 Å². The lowest BCUT2D eigenvalue weighted by molar-refractivity contribution is -0.0497. The van der Waals surface area contributed by atoms with Gasteiger partial charge in [0.1, 0.15) is 25.1 Å². The van der Waals surface area contributed by atoms with E-state index in [9.17, 15) is 23.2 Å². The fourth-order valence-corrected chi connectivity index (χ4v) is 3.37. The highest BCUT2D eigenvalue weighted by molar-refractivity contribution is 5.95. The van der Waals surface area contributed by atoms with Crippen LogP contribution in [-0.4, -0.2) is 30.6 Å². The Morgan fingerprint density at radius 3 is 2.58 bits per heavy atom. The third kappa shape index (κ3) is 4.91. The summed E-state index contributed by atoms with van der Waals surface area (Å²) in [7, 11) is 0. The SMILES string of the molecule is CCCn1c(-c2ccc(NC(=O)OCCF)cc2)c(C#N)c2ccc(OC(F)F)cc21. The lowest BCUT2D eigenvalue weighted by Crippen LogP contribution is -2.14. The molecule has 1 amide bonds. The van der Waals surface area contributed by atoms with Gasteiger partial charge in [-0.25, -0.2) is 9.18 Å². The van der Waals surface area contributed by atoms with Gasteiger partial charge in [0.15, 0.2) is 0 Å². The first kappa shape index (κ1) is 22.0. The van der Waals surface area contributed by atoms with Crippen molar-refractivity contribution in [3.05, 3.63) is 48.0 Å². The number of amides is 1. The first-order chi connectivity index (χ1) is 15.0. The predicted molar refractivity (Wildman–Crippen MR) is 110 cm³/mol. The summed E-state index contributed by atoms with van der Waals surface area (Å²) in [6, 6.07) is 13.4. The van der Waals surface area contributed by atoms with E-state index in [0.29, 0.717) is 40.0 Å². The zero-order valence-corrected chi connectivity index (χ0v) is 16.7. The van der Waals surface area contributed by atoms with Gasteiger partial charge in [-0.05, 0) is 36.2 Å². The van der Waals surface area contributed by atoms with E-state index in [-0.39, 0.29) is 12.4 Å². The van der Waals surface area contributed by atoms with E-state index in [1.165, 1.54) is 12.1 Å². The Morgan fingerprint density at radius 2 is 1.97 bits per heavy atom. The van der Waals surface area contributed by atoms with Gasteiger partial charge in [0.05, 0.1) is 16.8 Å². The van der Waals surface area contributed by atoms with Gasteiger partial charge in [0, 0.05) is 23.7 Å². The average Bonchev–Trinajstić information content (AvgIpc) is 3.05. The molecule has 1 aromatic heterocycles. The molecule has 0 aliphatic carbocycles. The van der Waals surface area contributed by atoms with Gasteiger partial charge in [0.2, 0.25) is 0 Å². The van der Waals surface area contributed by atoms with E-state index in [4.69, 9.17) is 0 Å². The van der Waals surface area contributed by atoms with Gasteiger partial charge >= 0.3 is 12.7 Å². The highest BCUT2D eigenvalue weighted by atomic mass is 19.3. The second-order valence-electron chi connectivity index (χ2n) is 6.57. The van der Waals surface area contributed by atoms with Gasteiger partial charge in [-0.2, -0.15) is 14.0 Å². The van der Waals surface area contributed by atoms with Gasteiger partial charge in [-0.15, -0.1) is 0 Å². The molecule has 1 heterocycles. The van der Waals surface area contributed by atoms with Crippen LogP contribution in [0.4, 0.5) is 23.7 Å². The molecule has 9 heteroatoms. The van der Waals surface area contributed by atoms with Crippen molar-refractivity contribution in [2.75, 3.05) is 18.6 Å². The van der Waals surface area contributed by atoms with Crippen molar-refractivity contribution in [1.29, 1.82) is 5.26 Å². The molecular formula is C22H20F3N3O3. The van der Waals surface area contributed by atoms with Crippen molar-refractivity contribution in [3.8, 4) is 23.1 Å². The number of hydrogen-bond acceptors (Lipinski definition) is 4. The Hall–Kier alpha value is -3.67. The fraction of sp³-hybridized carbons (Fsp3) is 0.273. The van der Waals surface area contributed by atoms with Crippen LogP contribution in [0.15, 0.2) is 42.5 Å². The summed E-state index contributed by atoms with van der Waals surface area (Å²) in [5, 5.41) is 12.9. The number of nitrogens with one attached hydrogen (secondary N) is 1. The molecule has 0 saturated carbocycles. The molecule has 0 fully saturated rings. The van der Waals surface area contributed by atoms with Crippen molar-refractivity contribution in [2.24, 2.45) is 0 Å². The van der Waals surface area contributed by atoms with Gasteiger partial charge < -0.3 is 14.0 Å². The highest BCUT2D eigenvalue weighted by Crippen LogP contribution is 2.36. The average molecular weight is 431 g/mol. The van der Waals surface area contributed by atoms with Gasteiger partial charge in [-0.3, -0.25) is 5.32 Å². The standard InChI is InChI=1S/C22H20F3N3O3/c1-2-10-28-19-12-16(31-21(24)25)7-8-17(19)18(13-26)20(28)14-3-5-15(6-4-14)27-22(29)30-11-9-23/h3-8,12,21H,2,9-11H2,1H3,(H,27,29). The summed E-state index contributed by atoms with van der Waals surface area (Å²) in [6.07, 6.45) is -0.0171. The largest absolute Gasteiger partial charge is 0.447 e. The molecule has 2 aromatic carbocycles. The number of benzene rings is 2.